The van der Waals surface area contributed by atoms with Crippen molar-refractivity contribution < 1.29 is 0 Å². The Kier molecular flexibility index (Phi) is 4.36. The second kappa shape index (κ2) is 6.23. The zero-order chi connectivity index (χ0) is 11.9. The van der Waals surface area contributed by atoms with Gasteiger partial charge in [-0.3, -0.25) is 0 Å². The fourth-order valence-corrected chi connectivity index (χ4v) is 1.85. The van der Waals surface area contributed by atoms with Crippen molar-refractivity contribution in [3.8, 4) is 0 Å². The molecule has 17 heavy (non-hydrogen) atoms. The predicted molar refractivity (Wildman–Crippen MR) is 70.5 cm³/mol. The summed E-state index contributed by atoms with van der Waals surface area (Å²) < 4.78 is 0. The number of nitrogens with two attached hydrogens (primary N) is 1. The minimum absolute atomic E-state index is 0.607. The molecule has 0 unspecified atom stereocenters. The molecule has 0 aliphatic rings. The number of rotatable bonds is 6. The monoisotopic (exact) mass is 229 g/mol. The molecule has 0 fully saturated rings. The minimum atomic E-state index is 0.607. The summed E-state index contributed by atoms with van der Waals surface area (Å²) in [5.41, 5.74) is 9.36. The van der Waals surface area contributed by atoms with Crippen molar-refractivity contribution in [2.75, 3.05) is 6.54 Å². The first-order chi connectivity index (χ1) is 8.38. The summed E-state index contributed by atoms with van der Waals surface area (Å²) in [5.74, 6) is 0. The van der Waals surface area contributed by atoms with Crippen LogP contribution < -0.4 is 11.1 Å². The van der Waals surface area contributed by atoms with E-state index in [9.17, 15) is 0 Å². The maximum atomic E-state index is 5.61. The molecule has 1 heterocycles. The molecule has 0 atom stereocenters. The summed E-state index contributed by atoms with van der Waals surface area (Å²) in [7, 11) is 0. The van der Waals surface area contributed by atoms with Crippen LogP contribution in [0.15, 0.2) is 42.6 Å². The highest BCUT2D eigenvalue weighted by Crippen LogP contribution is 2.04. The minimum Gasteiger partial charge on any atom is -0.365 e. The van der Waals surface area contributed by atoms with Gasteiger partial charge in [0.1, 0.15) is 0 Å². The number of hydrogen-bond acceptors (Lipinski definition) is 2. The van der Waals surface area contributed by atoms with Crippen molar-refractivity contribution in [1.82, 2.24) is 10.3 Å². The highest BCUT2D eigenvalue weighted by Gasteiger charge is 1.96. The van der Waals surface area contributed by atoms with Crippen molar-refractivity contribution in [3.05, 3.63) is 59.4 Å². The van der Waals surface area contributed by atoms with Crippen molar-refractivity contribution in [2.24, 2.45) is 5.73 Å². The quantitative estimate of drug-likeness (QED) is 0.662. The Morgan fingerprint density at radius 2 is 2.00 bits per heavy atom. The van der Waals surface area contributed by atoms with Gasteiger partial charge in [0.2, 0.25) is 0 Å². The van der Waals surface area contributed by atoms with Crippen LogP contribution in [0.25, 0.3) is 0 Å². The molecule has 90 valence electrons. The van der Waals surface area contributed by atoms with Crippen LogP contribution in [0.5, 0.6) is 0 Å². The van der Waals surface area contributed by atoms with Gasteiger partial charge in [-0.15, -0.1) is 0 Å². The summed E-state index contributed by atoms with van der Waals surface area (Å²) in [4.78, 5) is 3.20. The predicted octanol–water partition coefficient (Wildman–Crippen LogP) is 1.81. The molecule has 3 heteroatoms. The highest BCUT2D eigenvalue weighted by molar-refractivity contribution is 5.23. The number of hydrogen-bond donors (Lipinski definition) is 3. The maximum Gasteiger partial charge on any atom is 0.0205 e. The Morgan fingerprint density at radius 1 is 1.12 bits per heavy atom. The molecule has 0 amide bonds. The SMILES string of the molecule is NCc1cccc(CNCCc2ccc[nH]2)c1. The van der Waals surface area contributed by atoms with Crippen LogP contribution in [0.3, 0.4) is 0 Å². The molecule has 0 aliphatic heterocycles. The summed E-state index contributed by atoms with van der Waals surface area (Å²) in [6.07, 6.45) is 2.99. The maximum absolute atomic E-state index is 5.61. The van der Waals surface area contributed by atoms with Crippen molar-refractivity contribution in [2.45, 2.75) is 19.5 Å². The van der Waals surface area contributed by atoms with E-state index in [0.717, 1.165) is 19.5 Å². The Labute approximate surface area is 102 Å². The van der Waals surface area contributed by atoms with Gasteiger partial charge < -0.3 is 16.0 Å². The molecule has 2 rings (SSSR count). The molecule has 0 aliphatic carbocycles. The number of nitrogens with one attached hydrogen (secondary N) is 2. The molecule has 0 radical (unpaired) electrons. The van der Waals surface area contributed by atoms with E-state index >= 15 is 0 Å². The Hall–Kier alpha value is -1.58. The average Bonchev–Trinajstić information content (AvgIpc) is 2.88. The first-order valence-corrected chi connectivity index (χ1v) is 5.99. The zero-order valence-electron chi connectivity index (χ0n) is 9.95. The van der Waals surface area contributed by atoms with E-state index in [0.29, 0.717) is 6.54 Å². The van der Waals surface area contributed by atoms with Gasteiger partial charge in [-0.25, -0.2) is 0 Å². The summed E-state index contributed by atoms with van der Waals surface area (Å²) >= 11 is 0. The lowest BCUT2D eigenvalue weighted by Crippen LogP contribution is -2.17. The molecule has 1 aromatic heterocycles. The molecule has 0 spiro atoms. The van der Waals surface area contributed by atoms with Gasteiger partial charge in [0.25, 0.3) is 0 Å². The third kappa shape index (κ3) is 3.73. The van der Waals surface area contributed by atoms with E-state index in [1.165, 1.54) is 16.8 Å². The van der Waals surface area contributed by atoms with Gasteiger partial charge in [-0.05, 0) is 29.7 Å². The smallest absolute Gasteiger partial charge is 0.0205 e. The second-order valence-electron chi connectivity index (χ2n) is 4.15. The largest absolute Gasteiger partial charge is 0.365 e. The van der Waals surface area contributed by atoms with E-state index in [1.54, 1.807) is 0 Å². The summed E-state index contributed by atoms with van der Waals surface area (Å²) in [6, 6.07) is 12.5. The van der Waals surface area contributed by atoms with Crippen LogP contribution in [-0.2, 0) is 19.5 Å². The fourth-order valence-electron chi connectivity index (χ4n) is 1.85. The molecule has 0 bridgehead atoms. The third-order valence-electron chi connectivity index (χ3n) is 2.79. The lowest BCUT2D eigenvalue weighted by molar-refractivity contribution is 0.681. The van der Waals surface area contributed by atoms with Crippen LogP contribution >= 0.6 is 0 Å². The van der Waals surface area contributed by atoms with E-state index < -0.39 is 0 Å². The lowest BCUT2D eigenvalue weighted by atomic mass is 10.1. The number of benzene rings is 1. The Morgan fingerprint density at radius 3 is 2.76 bits per heavy atom. The first kappa shape index (κ1) is 11.9. The van der Waals surface area contributed by atoms with Crippen molar-refractivity contribution >= 4 is 0 Å². The van der Waals surface area contributed by atoms with E-state index in [-0.39, 0.29) is 0 Å². The second-order valence-corrected chi connectivity index (χ2v) is 4.15. The van der Waals surface area contributed by atoms with Crippen molar-refractivity contribution in [3.63, 3.8) is 0 Å². The molecule has 0 saturated carbocycles. The Bertz CT molecular complexity index is 434. The normalized spacial score (nSPS) is 10.6. The van der Waals surface area contributed by atoms with Crippen LogP contribution in [0.4, 0.5) is 0 Å². The van der Waals surface area contributed by atoms with Crippen LogP contribution in [-0.4, -0.2) is 11.5 Å². The van der Waals surface area contributed by atoms with Gasteiger partial charge in [-0.2, -0.15) is 0 Å². The molecule has 4 N–H and O–H groups in total. The van der Waals surface area contributed by atoms with Gasteiger partial charge in [0.15, 0.2) is 0 Å². The molecular weight excluding hydrogens is 210 g/mol. The van der Waals surface area contributed by atoms with Gasteiger partial charge in [0, 0.05) is 31.5 Å². The first-order valence-electron chi connectivity index (χ1n) is 5.99. The van der Waals surface area contributed by atoms with E-state index in [1.807, 2.05) is 12.3 Å². The summed E-state index contributed by atoms with van der Waals surface area (Å²) in [6.45, 7) is 2.48. The fraction of sp³-hybridized carbons (Fsp3) is 0.286. The Balaban J connectivity index is 1.74. The number of H-pyrrole nitrogens is 1. The van der Waals surface area contributed by atoms with Gasteiger partial charge in [0.05, 0.1) is 0 Å². The van der Waals surface area contributed by atoms with Gasteiger partial charge in [-0.1, -0.05) is 24.3 Å². The van der Waals surface area contributed by atoms with Gasteiger partial charge >= 0.3 is 0 Å². The third-order valence-corrected chi connectivity index (χ3v) is 2.79. The topological polar surface area (TPSA) is 53.8 Å². The summed E-state index contributed by atoms with van der Waals surface area (Å²) in [5, 5.41) is 3.43. The number of aromatic amines is 1. The number of aromatic nitrogens is 1. The molecular formula is C14H19N3. The highest BCUT2D eigenvalue weighted by atomic mass is 14.9. The van der Waals surface area contributed by atoms with E-state index in [4.69, 9.17) is 5.73 Å². The van der Waals surface area contributed by atoms with Crippen LogP contribution in [0, 0.1) is 0 Å². The molecule has 3 nitrogen and oxygen atoms in total. The molecule has 1 aromatic carbocycles. The van der Waals surface area contributed by atoms with Crippen molar-refractivity contribution in [1.29, 1.82) is 0 Å². The standard InChI is InChI=1S/C14H19N3/c15-10-12-3-1-4-13(9-12)11-16-8-6-14-5-2-7-17-14/h1-5,7,9,16-17H,6,8,10-11,15H2. The molecule has 0 saturated heterocycles. The van der Waals surface area contributed by atoms with Crippen LogP contribution in [0.2, 0.25) is 0 Å². The average molecular weight is 229 g/mol. The van der Waals surface area contributed by atoms with Crippen LogP contribution in [0.1, 0.15) is 16.8 Å². The molecule has 2 aromatic rings. The lowest BCUT2D eigenvalue weighted by Gasteiger charge is -2.05. The van der Waals surface area contributed by atoms with E-state index in [2.05, 4.69) is 40.6 Å². The zero-order valence-corrected chi connectivity index (χ0v) is 9.95.